The first-order valence-electron chi connectivity index (χ1n) is 6.00. The van der Waals surface area contributed by atoms with Crippen molar-refractivity contribution in [2.45, 2.75) is 39.5 Å². The molecule has 0 radical (unpaired) electrons. The van der Waals surface area contributed by atoms with Crippen LogP contribution < -0.4 is 0 Å². The molecule has 0 fully saturated rings. The van der Waals surface area contributed by atoms with Crippen molar-refractivity contribution < 1.29 is 0 Å². The van der Waals surface area contributed by atoms with Crippen molar-refractivity contribution in [1.29, 1.82) is 0 Å². The molecule has 0 saturated heterocycles. The molecule has 0 N–H and O–H groups in total. The van der Waals surface area contributed by atoms with E-state index in [0.717, 1.165) is 5.92 Å². The van der Waals surface area contributed by atoms with Crippen LogP contribution in [0.2, 0.25) is 0 Å². The molecule has 0 saturated carbocycles. The summed E-state index contributed by atoms with van der Waals surface area (Å²) < 4.78 is 0. The Kier molecular flexibility index (Phi) is 5.88. The summed E-state index contributed by atoms with van der Waals surface area (Å²) >= 11 is 0. The molecule has 1 unspecified atom stereocenters. The Balaban J connectivity index is 2.08. The van der Waals surface area contributed by atoms with Crippen LogP contribution in [-0.2, 0) is 0 Å². The molecular weight excluding hydrogens is 180 g/mol. The van der Waals surface area contributed by atoms with Crippen LogP contribution in [-0.4, -0.2) is 0 Å². The Morgan fingerprint density at radius 2 is 2.13 bits per heavy atom. The lowest BCUT2D eigenvalue weighted by atomic mass is 10.0. The van der Waals surface area contributed by atoms with Crippen LogP contribution in [0.3, 0.4) is 0 Å². The Bertz CT molecular complexity index is 274. The summed E-state index contributed by atoms with van der Waals surface area (Å²) in [6.07, 6.45) is 18.1. The standard InChI is InChI=1S/C15H22/c1-3-4-9-14(2)10-5-6-11-15-12-7-8-13-15/h3-7,13-15H,9-12H2,1-2H3/b4-3-,6-5+/t14?,15-/m0/s1. The fraction of sp³-hybridized carbons (Fsp3) is 0.533. The molecule has 0 heteroatoms. The Morgan fingerprint density at radius 3 is 2.80 bits per heavy atom. The summed E-state index contributed by atoms with van der Waals surface area (Å²) in [6.45, 7) is 4.39. The molecule has 0 heterocycles. The number of hydrogen-bond acceptors (Lipinski definition) is 0. The van der Waals surface area contributed by atoms with E-state index in [2.05, 4.69) is 56.0 Å². The smallest absolute Gasteiger partial charge is 0.00824 e. The van der Waals surface area contributed by atoms with E-state index < -0.39 is 0 Å². The first kappa shape index (κ1) is 12.1. The van der Waals surface area contributed by atoms with Crippen molar-refractivity contribution in [1.82, 2.24) is 0 Å². The van der Waals surface area contributed by atoms with Crippen LogP contribution in [0.1, 0.15) is 39.5 Å². The summed E-state index contributed by atoms with van der Waals surface area (Å²) in [6, 6.07) is 0. The summed E-state index contributed by atoms with van der Waals surface area (Å²) in [5.41, 5.74) is 3.16. The van der Waals surface area contributed by atoms with E-state index in [0.29, 0.717) is 5.92 Å². The van der Waals surface area contributed by atoms with Crippen molar-refractivity contribution in [3.8, 4) is 0 Å². The average Bonchev–Trinajstić information content (AvgIpc) is 2.74. The van der Waals surface area contributed by atoms with Gasteiger partial charge in [0.25, 0.3) is 0 Å². The number of allylic oxidation sites excluding steroid dienone is 5. The third kappa shape index (κ3) is 5.44. The monoisotopic (exact) mass is 202 g/mol. The molecule has 0 aliphatic heterocycles. The van der Waals surface area contributed by atoms with Crippen molar-refractivity contribution in [2.75, 3.05) is 0 Å². The van der Waals surface area contributed by atoms with E-state index in [9.17, 15) is 0 Å². The third-order valence-electron chi connectivity index (χ3n) is 2.79. The molecule has 2 atom stereocenters. The van der Waals surface area contributed by atoms with Gasteiger partial charge in [0.1, 0.15) is 0 Å². The normalized spacial score (nSPS) is 22.1. The lowest BCUT2D eigenvalue weighted by Crippen LogP contribution is -1.91. The largest absolute Gasteiger partial charge is 0.129 e. The van der Waals surface area contributed by atoms with Crippen molar-refractivity contribution >= 4 is 0 Å². The van der Waals surface area contributed by atoms with Gasteiger partial charge in [-0.1, -0.05) is 31.2 Å². The highest BCUT2D eigenvalue weighted by Gasteiger charge is 2.03. The van der Waals surface area contributed by atoms with E-state index in [-0.39, 0.29) is 0 Å². The molecule has 0 aromatic rings. The zero-order valence-electron chi connectivity index (χ0n) is 9.95. The predicted molar refractivity (Wildman–Crippen MR) is 67.7 cm³/mol. The van der Waals surface area contributed by atoms with Crippen LogP contribution in [0, 0.1) is 11.8 Å². The first-order valence-corrected chi connectivity index (χ1v) is 6.00. The van der Waals surface area contributed by atoms with Crippen LogP contribution in [0.25, 0.3) is 0 Å². The Hall–Kier alpha value is -1.00. The maximum Gasteiger partial charge on any atom is -0.00824 e. The highest BCUT2D eigenvalue weighted by Crippen LogP contribution is 2.16. The fourth-order valence-corrected chi connectivity index (χ4v) is 1.72. The van der Waals surface area contributed by atoms with E-state index in [1.165, 1.54) is 25.7 Å². The van der Waals surface area contributed by atoms with Crippen molar-refractivity contribution in [3.63, 3.8) is 0 Å². The van der Waals surface area contributed by atoms with Gasteiger partial charge < -0.3 is 0 Å². The quantitative estimate of drug-likeness (QED) is 0.434. The molecule has 0 amide bonds. The maximum atomic E-state index is 3.16. The minimum absolute atomic E-state index is 0.715. The Labute approximate surface area is 94.1 Å². The fourth-order valence-electron chi connectivity index (χ4n) is 1.72. The lowest BCUT2D eigenvalue weighted by molar-refractivity contribution is 0.599. The summed E-state index contributed by atoms with van der Waals surface area (Å²) in [5, 5.41) is 0. The zero-order valence-corrected chi connectivity index (χ0v) is 9.95. The molecule has 0 bridgehead atoms. The molecule has 0 spiro atoms. The average molecular weight is 202 g/mol. The number of rotatable bonds is 6. The number of hydrogen-bond donors (Lipinski definition) is 0. The van der Waals surface area contributed by atoms with Gasteiger partial charge in [-0.15, -0.1) is 5.73 Å². The van der Waals surface area contributed by atoms with Crippen LogP contribution in [0.4, 0.5) is 0 Å². The molecule has 1 aliphatic carbocycles. The molecule has 82 valence electrons. The second-order valence-electron chi connectivity index (χ2n) is 4.39. The molecule has 0 aromatic heterocycles. The highest BCUT2D eigenvalue weighted by molar-refractivity contribution is 5.03. The SMILES string of the molecule is C/C=C\CC(C)C/C=C/C[C@@H]1C=C=CC1. The van der Waals surface area contributed by atoms with E-state index in [4.69, 9.17) is 0 Å². The van der Waals surface area contributed by atoms with E-state index >= 15 is 0 Å². The summed E-state index contributed by atoms with van der Waals surface area (Å²) in [4.78, 5) is 0. The molecule has 0 aromatic carbocycles. The lowest BCUT2D eigenvalue weighted by Gasteiger charge is -2.05. The molecule has 1 aliphatic rings. The highest BCUT2D eigenvalue weighted by atomic mass is 14.1. The molecule has 0 nitrogen and oxygen atoms in total. The summed E-state index contributed by atoms with van der Waals surface area (Å²) in [7, 11) is 0. The molecular formula is C15H22. The van der Waals surface area contributed by atoms with Crippen molar-refractivity contribution in [2.24, 2.45) is 11.8 Å². The van der Waals surface area contributed by atoms with Gasteiger partial charge in [-0.3, -0.25) is 0 Å². The van der Waals surface area contributed by atoms with Crippen molar-refractivity contribution in [3.05, 3.63) is 42.2 Å². The second-order valence-corrected chi connectivity index (χ2v) is 4.39. The Morgan fingerprint density at radius 1 is 1.33 bits per heavy atom. The third-order valence-corrected chi connectivity index (χ3v) is 2.79. The van der Waals surface area contributed by atoms with Gasteiger partial charge in [-0.25, -0.2) is 0 Å². The van der Waals surface area contributed by atoms with Gasteiger partial charge in [0, 0.05) is 0 Å². The maximum absolute atomic E-state index is 3.16. The van der Waals surface area contributed by atoms with Gasteiger partial charge in [0.05, 0.1) is 0 Å². The van der Waals surface area contributed by atoms with Gasteiger partial charge >= 0.3 is 0 Å². The molecule has 1 rings (SSSR count). The van der Waals surface area contributed by atoms with Crippen LogP contribution >= 0.6 is 0 Å². The second kappa shape index (κ2) is 7.31. The predicted octanol–water partition coefficient (Wildman–Crippen LogP) is 4.66. The summed E-state index contributed by atoms with van der Waals surface area (Å²) in [5.74, 6) is 1.49. The minimum atomic E-state index is 0.715. The van der Waals surface area contributed by atoms with Crippen LogP contribution in [0.15, 0.2) is 42.2 Å². The van der Waals surface area contributed by atoms with Gasteiger partial charge in [-0.2, -0.15) is 0 Å². The van der Waals surface area contributed by atoms with Gasteiger partial charge in [-0.05, 0) is 56.6 Å². The molecule has 15 heavy (non-hydrogen) atoms. The van der Waals surface area contributed by atoms with Gasteiger partial charge in [0.15, 0.2) is 0 Å². The zero-order chi connectivity index (χ0) is 10.9. The van der Waals surface area contributed by atoms with E-state index in [1.807, 2.05) is 0 Å². The first-order chi connectivity index (χ1) is 7.33. The van der Waals surface area contributed by atoms with Gasteiger partial charge in [0.2, 0.25) is 0 Å². The van der Waals surface area contributed by atoms with E-state index in [1.54, 1.807) is 0 Å². The topological polar surface area (TPSA) is 0 Å². The minimum Gasteiger partial charge on any atom is -0.129 e. The van der Waals surface area contributed by atoms with Crippen LogP contribution in [0.5, 0.6) is 0 Å².